The van der Waals surface area contributed by atoms with Gasteiger partial charge in [-0.05, 0) is 54.7 Å². The van der Waals surface area contributed by atoms with Gasteiger partial charge < -0.3 is 15.4 Å². The summed E-state index contributed by atoms with van der Waals surface area (Å²) in [6.07, 6.45) is -0.732. The Morgan fingerprint density at radius 2 is 1.42 bits per heavy atom. The Labute approximate surface area is 196 Å². The quantitative estimate of drug-likeness (QED) is 0.478. The first-order valence-corrected chi connectivity index (χ1v) is 11.2. The third-order valence-corrected chi connectivity index (χ3v) is 5.48. The lowest BCUT2D eigenvalue weighted by molar-refractivity contribution is -0.122. The lowest BCUT2D eigenvalue weighted by Crippen LogP contribution is -2.32. The van der Waals surface area contributed by atoms with Crippen LogP contribution in [-0.4, -0.2) is 17.9 Å². The summed E-state index contributed by atoms with van der Waals surface area (Å²) >= 11 is 0. The summed E-state index contributed by atoms with van der Waals surface area (Å²) in [7, 11) is 0. The van der Waals surface area contributed by atoms with E-state index in [9.17, 15) is 9.59 Å². The molecule has 3 rings (SSSR count). The van der Waals surface area contributed by atoms with Crippen LogP contribution in [0.4, 0.5) is 5.69 Å². The number of carbonyl (C=O) groups excluding carboxylic acids is 2. The maximum Gasteiger partial charge on any atom is 0.265 e. The SMILES string of the molecule is CC(Oc1ccc(C(C)(C)C)cc1)C(=O)Nc1ccccc1C(=O)NC(C)c1ccccc1. The maximum absolute atomic E-state index is 12.9. The third-order valence-electron chi connectivity index (χ3n) is 5.48. The highest BCUT2D eigenvalue weighted by atomic mass is 16.5. The molecule has 0 fully saturated rings. The van der Waals surface area contributed by atoms with E-state index in [1.54, 1.807) is 31.2 Å². The van der Waals surface area contributed by atoms with Gasteiger partial charge in [-0.3, -0.25) is 9.59 Å². The summed E-state index contributed by atoms with van der Waals surface area (Å²) in [4.78, 5) is 25.7. The monoisotopic (exact) mass is 444 g/mol. The molecule has 2 unspecified atom stereocenters. The number of para-hydroxylation sites is 1. The minimum absolute atomic E-state index is 0.0454. The van der Waals surface area contributed by atoms with E-state index in [0.717, 1.165) is 5.56 Å². The van der Waals surface area contributed by atoms with Crippen LogP contribution < -0.4 is 15.4 Å². The molecular formula is C28H32N2O3. The normalized spacial score (nSPS) is 13.0. The minimum Gasteiger partial charge on any atom is -0.481 e. The molecule has 0 saturated heterocycles. The molecule has 5 heteroatoms. The molecule has 2 atom stereocenters. The second-order valence-electron chi connectivity index (χ2n) is 9.18. The Hall–Kier alpha value is -3.60. The number of anilines is 1. The molecular weight excluding hydrogens is 412 g/mol. The van der Waals surface area contributed by atoms with Crippen molar-refractivity contribution in [2.24, 2.45) is 0 Å². The molecule has 0 aromatic heterocycles. The Morgan fingerprint density at radius 1 is 0.818 bits per heavy atom. The van der Waals surface area contributed by atoms with Crippen molar-refractivity contribution in [2.45, 2.75) is 52.2 Å². The van der Waals surface area contributed by atoms with Crippen molar-refractivity contribution in [1.29, 1.82) is 0 Å². The molecule has 172 valence electrons. The maximum atomic E-state index is 12.9. The van der Waals surface area contributed by atoms with E-state index in [0.29, 0.717) is 17.0 Å². The molecule has 5 nitrogen and oxygen atoms in total. The van der Waals surface area contributed by atoms with Crippen LogP contribution >= 0.6 is 0 Å². The van der Waals surface area contributed by atoms with Crippen molar-refractivity contribution >= 4 is 17.5 Å². The molecule has 0 bridgehead atoms. The Kier molecular flexibility index (Phi) is 7.54. The van der Waals surface area contributed by atoms with Crippen molar-refractivity contribution in [2.75, 3.05) is 5.32 Å². The molecule has 0 aliphatic rings. The average Bonchev–Trinajstić information content (AvgIpc) is 2.79. The zero-order valence-electron chi connectivity index (χ0n) is 19.9. The van der Waals surface area contributed by atoms with Crippen LogP contribution in [0.3, 0.4) is 0 Å². The van der Waals surface area contributed by atoms with Gasteiger partial charge in [0.15, 0.2) is 6.10 Å². The zero-order valence-corrected chi connectivity index (χ0v) is 19.9. The summed E-state index contributed by atoms with van der Waals surface area (Å²) in [5.41, 5.74) is 3.08. The van der Waals surface area contributed by atoms with Crippen LogP contribution in [0.25, 0.3) is 0 Å². The fourth-order valence-corrected chi connectivity index (χ4v) is 3.42. The van der Waals surface area contributed by atoms with Gasteiger partial charge in [0.25, 0.3) is 11.8 Å². The molecule has 3 aromatic carbocycles. The predicted octanol–water partition coefficient (Wildman–Crippen LogP) is 5.88. The lowest BCUT2D eigenvalue weighted by Gasteiger charge is -2.20. The number of ether oxygens (including phenoxy) is 1. The van der Waals surface area contributed by atoms with Crippen LogP contribution in [0.1, 0.15) is 62.1 Å². The second-order valence-corrected chi connectivity index (χ2v) is 9.18. The molecule has 0 radical (unpaired) electrons. The van der Waals surface area contributed by atoms with Gasteiger partial charge in [0, 0.05) is 0 Å². The van der Waals surface area contributed by atoms with E-state index >= 15 is 0 Å². The highest BCUT2D eigenvalue weighted by Crippen LogP contribution is 2.25. The van der Waals surface area contributed by atoms with E-state index < -0.39 is 6.10 Å². The Morgan fingerprint density at radius 3 is 2.06 bits per heavy atom. The number of carbonyl (C=O) groups is 2. The lowest BCUT2D eigenvalue weighted by atomic mass is 9.87. The Balaban J connectivity index is 1.65. The van der Waals surface area contributed by atoms with Crippen molar-refractivity contribution in [1.82, 2.24) is 5.32 Å². The summed E-state index contributed by atoms with van der Waals surface area (Å²) in [6.45, 7) is 10.1. The summed E-state index contributed by atoms with van der Waals surface area (Å²) in [6, 6.07) is 24.3. The first-order valence-electron chi connectivity index (χ1n) is 11.2. The molecule has 2 N–H and O–H groups in total. The van der Waals surface area contributed by atoms with Crippen LogP contribution in [-0.2, 0) is 10.2 Å². The highest BCUT2D eigenvalue weighted by molar-refractivity contribution is 6.04. The fourth-order valence-electron chi connectivity index (χ4n) is 3.42. The van der Waals surface area contributed by atoms with Crippen LogP contribution in [0.5, 0.6) is 5.75 Å². The number of hydrogen-bond donors (Lipinski definition) is 2. The summed E-state index contributed by atoms with van der Waals surface area (Å²) in [5.74, 6) is 0.0354. The van der Waals surface area contributed by atoms with E-state index in [-0.39, 0.29) is 23.3 Å². The third kappa shape index (κ3) is 6.45. The number of benzene rings is 3. The number of nitrogens with one attached hydrogen (secondary N) is 2. The predicted molar refractivity (Wildman–Crippen MR) is 133 cm³/mol. The van der Waals surface area contributed by atoms with Crippen molar-refractivity contribution in [3.63, 3.8) is 0 Å². The summed E-state index contributed by atoms with van der Waals surface area (Å²) in [5, 5.41) is 5.83. The topological polar surface area (TPSA) is 67.4 Å². The molecule has 0 aliphatic heterocycles. The van der Waals surface area contributed by atoms with Gasteiger partial charge in [-0.25, -0.2) is 0 Å². The van der Waals surface area contributed by atoms with Gasteiger partial charge in [0.05, 0.1) is 17.3 Å². The van der Waals surface area contributed by atoms with Crippen LogP contribution in [0.15, 0.2) is 78.9 Å². The van der Waals surface area contributed by atoms with Crippen molar-refractivity contribution in [3.8, 4) is 5.75 Å². The van der Waals surface area contributed by atoms with Crippen molar-refractivity contribution < 1.29 is 14.3 Å². The van der Waals surface area contributed by atoms with Gasteiger partial charge in [-0.2, -0.15) is 0 Å². The molecule has 2 amide bonds. The molecule has 0 saturated carbocycles. The van der Waals surface area contributed by atoms with E-state index in [1.165, 1.54) is 5.56 Å². The first kappa shape index (κ1) is 24.1. The fraction of sp³-hybridized carbons (Fsp3) is 0.286. The van der Waals surface area contributed by atoms with Gasteiger partial charge >= 0.3 is 0 Å². The molecule has 0 heterocycles. The minimum atomic E-state index is -0.732. The van der Waals surface area contributed by atoms with Gasteiger partial charge in [-0.1, -0.05) is 75.4 Å². The molecule has 0 aliphatic carbocycles. The molecule has 33 heavy (non-hydrogen) atoms. The van der Waals surface area contributed by atoms with E-state index in [1.807, 2.05) is 61.5 Å². The van der Waals surface area contributed by atoms with Gasteiger partial charge in [-0.15, -0.1) is 0 Å². The highest BCUT2D eigenvalue weighted by Gasteiger charge is 2.20. The smallest absolute Gasteiger partial charge is 0.265 e. The van der Waals surface area contributed by atoms with Gasteiger partial charge in [0.1, 0.15) is 5.75 Å². The van der Waals surface area contributed by atoms with E-state index in [2.05, 4.69) is 31.4 Å². The number of rotatable bonds is 7. The molecule has 3 aromatic rings. The van der Waals surface area contributed by atoms with Crippen molar-refractivity contribution in [3.05, 3.63) is 95.6 Å². The van der Waals surface area contributed by atoms with Gasteiger partial charge in [0.2, 0.25) is 0 Å². The average molecular weight is 445 g/mol. The second kappa shape index (κ2) is 10.3. The molecule has 0 spiro atoms. The summed E-state index contributed by atoms with van der Waals surface area (Å²) < 4.78 is 5.83. The zero-order chi connectivity index (χ0) is 24.0. The largest absolute Gasteiger partial charge is 0.481 e. The van der Waals surface area contributed by atoms with E-state index in [4.69, 9.17) is 4.74 Å². The Bertz CT molecular complexity index is 1090. The van der Waals surface area contributed by atoms with Crippen LogP contribution in [0.2, 0.25) is 0 Å². The number of hydrogen-bond acceptors (Lipinski definition) is 3. The number of amides is 2. The standard InChI is InChI=1S/C28H32N2O3/c1-19(21-11-7-6-8-12-21)29-27(32)24-13-9-10-14-25(24)30-26(31)20(2)33-23-17-15-22(16-18-23)28(3,4)5/h6-20H,1-5H3,(H,29,32)(H,30,31). The first-order chi connectivity index (χ1) is 15.6. The van der Waals surface area contributed by atoms with Crippen LogP contribution in [0, 0.1) is 0 Å².